The number of piperazine rings is 1. The molecule has 2 nitrogen and oxygen atoms in total. The SMILES string of the molecule is CCN1CCN(C2CCCc3cc(Br)ccc32)CC1. The molecule has 1 aromatic carbocycles. The summed E-state index contributed by atoms with van der Waals surface area (Å²) in [6, 6.07) is 7.54. The number of rotatable bonds is 2. The van der Waals surface area contributed by atoms with Gasteiger partial charge in [-0.1, -0.05) is 28.9 Å². The summed E-state index contributed by atoms with van der Waals surface area (Å²) in [6.45, 7) is 8.39. The van der Waals surface area contributed by atoms with Crippen molar-refractivity contribution >= 4 is 15.9 Å². The van der Waals surface area contributed by atoms with Crippen molar-refractivity contribution in [3.63, 3.8) is 0 Å². The van der Waals surface area contributed by atoms with Crippen LogP contribution in [0.4, 0.5) is 0 Å². The molecule has 2 aliphatic rings. The predicted molar refractivity (Wildman–Crippen MR) is 83.5 cm³/mol. The van der Waals surface area contributed by atoms with Gasteiger partial charge in [0.25, 0.3) is 0 Å². The molecule has 1 aliphatic carbocycles. The number of likely N-dealkylation sites (N-methyl/N-ethyl adjacent to an activating group) is 1. The maximum Gasteiger partial charge on any atom is 0.0352 e. The number of halogens is 1. The highest BCUT2D eigenvalue weighted by molar-refractivity contribution is 9.10. The number of fused-ring (bicyclic) bond motifs is 1. The molecule has 0 saturated carbocycles. The second kappa shape index (κ2) is 5.94. The third kappa shape index (κ3) is 2.88. The van der Waals surface area contributed by atoms with E-state index >= 15 is 0 Å². The highest BCUT2D eigenvalue weighted by atomic mass is 79.9. The van der Waals surface area contributed by atoms with Gasteiger partial charge in [-0.25, -0.2) is 0 Å². The van der Waals surface area contributed by atoms with Gasteiger partial charge in [0.05, 0.1) is 0 Å². The van der Waals surface area contributed by atoms with E-state index in [1.165, 1.54) is 56.5 Å². The van der Waals surface area contributed by atoms with Gasteiger partial charge in [-0.15, -0.1) is 0 Å². The average molecular weight is 323 g/mol. The van der Waals surface area contributed by atoms with Crippen LogP contribution < -0.4 is 0 Å². The summed E-state index contributed by atoms with van der Waals surface area (Å²) in [6.07, 6.45) is 3.92. The number of hydrogen-bond acceptors (Lipinski definition) is 2. The van der Waals surface area contributed by atoms with E-state index in [0.29, 0.717) is 6.04 Å². The summed E-state index contributed by atoms with van der Waals surface area (Å²) in [5.41, 5.74) is 3.14. The summed E-state index contributed by atoms with van der Waals surface area (Å²) in [7, 11) is 0. The second-order valence-electron chi connectivity index (χ2n) is 5.72. The van der Waals surface area contributed by atoms with Crippen molar-refractivity contribution in [2.45, 2.75) is 32.2 Å². The molecule has 0 amide bonds. The Morgan fingerprint density at radius 3 is 2.74 bits per heavy atom. The maximum atomic E-state index is 3.60. The minimum Gasteiger partial charge on any atom is -0.301 e. The lowest BCUT2D eigenvalue weighted by Gasteiger charge is -2.41. The number of hydrogen-bond donors (Lipinski definition) is 0. The molecular formula is C16H23BrN2. The summed E-state index contributed by atoms with van der Waals surface area (Å²) >= 11 is 3.60. The standard InChI is InChI=1S/C16H23BrN2/c1-2-18-8-10-19(11-9-18)16-5-3-4-13-12-14(17)6-7-15(13)16/h6-7,12,16H,2-5,8-11H2,1H3. The van der Waals surface area contributed by atoms with Gasteiger partial charge in [0, 0.05) is 36.7 Å². The van der Waals surface area contributed by atoms with Crippen LogP contribution in [0.15, 0.2) is 22.7 Å². The lowest BCUT2D eigenvalue weighted by molar-refractivity contribution is 0.0912. The molecule has 0 aromatic heterocycles. The van der Waals surface area contributed by atoms with Crippen molar-refractivity contribution in [1.82, 2.24) is 9.80 Å². The zero-order valence-electron chi connectivity index (χ0n) is 11.7. The third-order valence-electron chi connectivity index (χ3n) is 4.68. The Balaban J connectivity index is 1.77. The van der Waals surface area contributed by atoms with Gasteiger partial charge in [0.1, 0.15) is 0 Å². The first-order valence-electron chi connectivity index (χ1n) is 7.52. The van der Waals surface area contributed by atoms with E-state index in [-0.39, 0.29) is 0 Å². The minimum atomic E-state index is 0.663. The summed E-state index contributed by atoms with van der Waals surface area (Å²) in [4.78, 5) is 5.26. The molecule has 1 atom stereocenters. The molecule has 1 heterocycles. The maximum absolute atomic E-state index is 3.60. The fourth-order valence-corrected chi connectivity index (χ4v) is 3.94. The van der Waals surface area contributed by atoms with Crippen molar-refractivity contribution in [3.8, 4) is 0 Å². The van der Waals surface area contributed by atoms with Crippen LogP contribution in [0.1, 0.15) is 36.9 Å². The predicted octanol–water partition coefficient (Wildman–Crippen LogP) is 3.46. The number of aryl methyl sites for hydroxylation is 1. The van der Waals surface area contributed by atoms with Crippen LogP contribution in [0.3, 0.4) is 0 Å². The van der Waals surface area contributed by atoms with Gasteiger partial charge in [0.2, 0.25) is 0 Å². The van der Waals surface area contributed by atoms with Gasteiger partial charge in [-0.2, -0.15) is 0 Å². The monoisotopic (exact) mass is 322 g/mol. The van der Waals surface area contributed by atoms with Crippen LogP contribution in [-0.4, -0.2) is 42.5 Å². The molecule has 104 valence electrons. The van der Waals surface area contributed by atoms with Crippen molar-refractivity contribution in [3.05, 3.63) is 33.8 Å². The number of nitrogens with zero attached hydrogens (tertiary/aromatic N) is 2. The van der Waals surface area contributed by atoms with E-state index in [9.17, 15) is 0 Å². The number of benzene rings is 1. The van der Waals surface area contributed by atoms with Gasteiger partial charge in [-0.05, 0) is 49.1 Å². The third-order valence-corrected chi connectivity index (χ3v) is 5.18. The zero-order chi connectivity index (χ0) is 13.2. The lowest BCUT2D eigenvalue weighted by atomic mass is 9.86. The first-order chi connectivity index (χ1) is 9.28. The Bertz CT molecular complexity index is 438. The molecule has 1 fully saturated rings. The normalized spacial score (nSPS) is 25.3. The molecule has 3 heteroatoms. The fraction of sp³-hybridized carbons (Fsp3) is 0.625. The molecule has 0 radical (unpaired) electrons. The zero-order valence-corrected chi connectivity index (χ0v) is 13.3. The largest absolute Gasteiger partial charge is 0.301 e. The topological polar surface area (TPSA) is 6.48 Å². The van der Waals surface area contributed by atoms with Crippen LogP contribution in [-0.2, 0) is 6.42 Å². The van der Waals surface area contributed by atoms with Gasteiger partial charge in [-0.3, -0.25) is 4.90 Å². The van der Waals surface area contributed by atoms with Crippen molar-refractivity contribution < 1.29 is 0 Å². The Hall–Kier alpha value is -0.380. The quantitative estimate of drug-likeness (QED) is 0.822. The molecule has 0 spiro atoms. The van der Waals surface area contributed by atoms with E-state index in [1.807, 2.05) is 0 Å². The van der Waals surface area contributed by atoms with Crippen LogP contribution in [0.2, 0.25) is 0 Å². The highest BCUT2D eigenvalue weighted by Crippen LogP contribution is 2.35. The van der Waals surface area contributed by atoms with E-state index < -0.39 is 0 Å². The highest BCUT2D eigenvalue weighted by Gasteiger charge is 2.28. The van der Waals surface area contributed by atoms with Crippen LogP contribution >= 0.6 is 15.9 Å². The van der Waals surface area contributed by atoms with Gasteiger partial charge < -0.3 is 4.90 Å². The molecule has 3 rings (SSSR count). The van der Waals surface area contributed by atoms with Crippen molar-refractivity contribution in [2.75, 3.05) is 32.7 Å². The molecule has 1 unspecified atom stereocenters. The molecule has 1 aliphatic heterocycles. The minimum absolute atomic E-state index is 0.663. The fourth-order valence-electron chi connectivity index (χ4n) is 3.53. The summed E-state index contributed by atoms with van der Waals surface area (Å²) in [5.74, 6) is 0. The average Bonchev–Trinajstić information content (AvgIpc) is 2.46. The molecular weight excluding hydrogens is 300 g/mol. The van der Waals surface area contributed by atoms with Crippen LogP contribution in [0, 0.1) is 0 Å². The summed E-state index contributed by atoms with van der Waals surface area (Å²) in [5, 5.41) is 0. The first-order valence-corrected chi connectivity index (χ1v) is 8.32. The Kier molecular flexibility index (Phi) is 4.25. The Morgan fingerprint density at radius 1 is 1.21 bits per heavy atom. The van der Waals surface area contributed by atoms with E-state index in [2.05, 4.69) is 50.9 Å². The van der Waals surface area contributed by atoms with E-state index in [1.54, 1.807) is 11.1 Å². The Labute approximate surface area is 124 Å². The van der Waals surface area contributed by atoms with E-state index in [0.717, 1.165) is 0 Å². The molecule has 1 aromatic rings. The molecule has 19 heavy (non-hydrogen) atoms. The lowest BCUT2D eigenvalue weighted by Crippen LogP contribution is -2.47. The molecule has 0 N–H and O–H groups in total. The van der Waals surface area contributed by atoms with Crippen LogP contribution in [0.25, 0.3) is 0 Å². The van der Waals surface area contributed by atoms with E-state index in [4.69, 9.17) is 0 Å². The van der Waals surface area contributed by atoms with Gasteiger partial charge in [0.15, 0.2) is 0 Å². The molecule has 0 bridgehead atoms. The first kappa shape index (κ1) is 13.6. The van der Waals surface area contributed by atoms with Crippen LogP contribution in [0.5, 0.6) is 0 Å². The van der Waals surface area contributed by atoms with Crippen molar-refractivity contribution in [2.24, 2.45) is 0 Å². The summed E-state index contributed by atoms with van der Waals surface area (Å²) < 4.78 is 1.22. The second-order valence-corrected chi connectivity index (χ2v) is 6.64. The smallest absolute Gasteiger partial charge is 0.0352 e. The van der Waals surface area contributed by atoms with Gasteiger partial charge >= 0.3 is 0 Å². The van der Waals surface area contributed by atoms with Crippen molar-refractivity contribution in [1.29, 1.82) is 0 Å². The Morgan fingerprint density at radius 2 is 2.00 bits per heavy atom. The molecule has 1 saturated heterocycles.